The van der Waals surface area contributed by atoms with Gasteiger partial charge in [0.2, 0.25) is 0 Å². The molecule has 1 saturated carbocycles. The fourth-order valence-electron chi connectivity index (χ4n) is 2.09. The third kappa shape index (κ3) is 3.95. The maximum Gasteiger partial charge on any atom is 0.0634 e. The molecule has 0 aromatic carbocycles. The van der Waals surface area contributed by atoms with E-state index in [1.807, 2.05) is 6.07 Å². The Morgan fingerprint density at radius 3 is 3.24 bits per heavy atom. The van der Waals surface area contributed by atoms with E-state index in [4.69, 9.17) is 16.3 Å². The van der Waals surface area contributed by atoms with Crippen LogP contribution in [0.4, 0.5) is 0 Å². The summed E-state index contributed by atoms with van der Waals surface area (Å²) in [7, 11) is 1.76. The van der Waals surface area contributed by atoms with Crippen molar-refractivity contribution >= 4 is 11.6 Å². The van der Waals surface area contributed by atoms with Crippen LogP contribution in [0.15, 0.2) is 18.5 Å². The van der Waals surface area contributed by atoms with E-state index in [-0.39, 0.29) is 0 Å². The number of nitrogens with one attached hydrogen (secondary N) is 1. The van der Waals surface area contributed by atoms with Crippen molar-refractivity contribution in [3.05, 3.63) is 29.0 Å². The van der Waals surface area contributed by atoms with Crippen LogP contribution in [-0.2, 0) is 11.3 Å². The summed E-state index contributed by atoms with van der Waals surface area (Å²) in [6.07, 6.45) is 7.19. The van der Waals surface area contributed by atoms with E-state index >= 15 is 0 Å². The van der Waals surface area contributed by atoms with Crippen molar-refractivity contribution in [1.82, 2.24) is 10.3 Å². The van der Waals surface area contributed by atoms with Gasteiger partial charge in [0.15, 0.2) is 0 Å². The van der Waals surface area contributed by atoms with Crippen LogP contribution in [0.3, 0.4) is 0 Å². The summed E-state index contributed by atoms with van der Waals surface area (Å²) >= 11 is 6.05. The number of halogens is 1. The Morgan fingerprint density at radius 1 is 1.59 bits per heavy atom. The molecule has 0 bridgehead atoms. The summed E-state index contributed by atoms with van der Waals surface area (Å²) in [5, 5.41) is 4.28. The zero-order valence-electron chi connectivity index (χ0n) is 10.2. The number of hydrogen-bond donors (Lipinski definition) is 1. The Morgan fingerprint density at radius 2 is 2.47 bits per heavy atom. The van der Waals surface area contributed by atoms with Gasteiger partial charge in [-0.2, -0.15) is 0 Å². The standard InChI is InChI=1S/C13H19ClN2O/c1-17-6-2-3-10-7-13(10)16-8-11-4-5-15-9-12(11)14/h4-5,9-10,13,16H,2-3,6-8H2,1H3. The number of nitrogens with zero attached hydrogens (tertiary/aromatic N) is 1. The molecule has 0 spiro atoms. The maximum absolute atomic E-state index is 6.05. The molecule has 2 rings (SSSR count). The second-order valence-electron chi connectivity index (χ2n) is 4.59. The number of aromatic nitrogens is 1. The maximum atomic E-state index is 6.05. The molecule has 4 heteroatoms. The molecule has 1 fully saturated rings. The Hall–Kier alpha value is -0.640. The Labute approximate surface area is 108 Å². The summed E-state index contributed by atoms with van der Waals surface area (Å²) in [6.45, 7) is 1.71. The van der Waals surface area contributed by atoms with Gasteiger partial charge < -0.3 is 10.1 Å². The first-order chi connectivity index (χ1) is 8.31. The van der Waals surface area contributed by atoms with Crippen LogP contribution in [0.5, 0.6) is 0 Å². The monoisotopic (exact) mass is 254 g/mol. The van der Waals surface area contributed by atoms with Crippen molar-refractivity contribution < 1.29 is 4.74 Å². The van der Waals surface area contributed by atoms with E-state index in [9.17, 15) is 0 Å². The fourth-order valence-corrected chi connectivity index (χ4v) is 2.28. The molecule has 2 unspecified atom stereocenters. The molecule has 1 aliphatic carbocycles. The third-order valence-electron chi connectivity index (χ3n) is 3.26. The SMILES string of the molecule is COCCCC1CC1NCc1ccncc1Cl. The van der Waals surface area contributed by atoms with Gasteiger partial charge in [-0.05, 0) is 36.8 Å². The topological polar surface area (TPSA) is 34.1 Å². The zero-order valence-corrected chi connectivity index (χ0v) is 10.9. The Balaban J connectivity index is 1.66. The van der Waals surface area contributed by atoms with Crippen molar-refractivity contribution in [2.24, 2.45) is 5.92 Å². The van der Waals surface area contributed by atoms with E-state index < -0.39 is 0 Å². The van der Waals surface area contributed by atoms with E-state index in [0.717, 1.165) is 36.1 Å². The molecule has 1 N–H and O–H groups in total. The molecule has 1 aromatic heterocycles. The van der Waals surface area contributed by atoms with E-state index in [1.165, 1.54) is 12.8 Å². The van der Waals surface area contributed by atoms with Crippen LogP contribution in [0.2, 0.25) is 5.02 Å². The number of rotatable bonds is 7. The molecule has 0 saturated heterocycles. The molecular weight excluding hydrogens is 236 g/mol. The Bertz CT molecular complexity index is 359. The van der Waals surface area contributed by atoms with Crippen LogP contribution < -0.4 is 5.32 Å². The average molecular weight is 255 g/mol. The zero-order chi connectivity index (χ0) is 12.1. The predicted molar refractivity (Wildman–Crippen MR) is 69.1 cm³/mol. The number of hydrogen-bond acceptors (Lipinski definition) is 3. The van der Waals surface area contributed by atoms with Gasteiger partial charge in [-0.1, -0.05) is 11.6 Å². The molecule has 1 aliphatic rings. The minimum absolute atomic E-state index is 0.663. The molecule has 0 radical (unpaired) electrons. The van der Waals surface area contributed by atoms with Gasteiger partial charge >= 0.3 is 0 Å². The summed E-state index contributed by atoms with van der Waals surface area (Å²) < 4.78 is 5.06. The summed E-state index contributed by atoms with van der Waals surface area (Å²) in [5.41, 5.74) is 1.13. The molecule has 17 heavy (non-hydrogen) atoms. The van der Waals surface area contributed by atoms with Crippen molar-refractivity contribution in [1.29, 1.82) is 0 Å². The second kappa shape index (κ2) is 6.34. The van der Waals surface area contributed by atoms with Crippen LogP contribution in [0, 0.1) is 5.92 Å². The molecule has 3 nitrogen and oxygen atoms in total. The quantitative estimate of drug-likeness (QED) is 0.760. The number of methoxy groups -OCH3 is 1. The molecule has 94 valence electrons. The molecule has 2 atom stereocenters. The van der Waals surface area contributed by atoms with Crippen molar-refractivity contribution in [3.8, 4) is 0 Å². The first-order valence-corrected chi connectivity index (χ1v) is 6.49. The fraction of sp³-hybridized carbons (Fsp3) is 0.615. The van der Waals surface area contributed by atoms with Gasteiger partial charge in [0.25, 0.3) is 0 Å². The summed E-state index contributed by atoms with van der Waals surface area (Å²) in [4.78, 5) is 3.98. The van der Waals surface area contributed by atoms with Crippen LogP contribution in [0.1, 0.15) is 24.8 Å². The lowest BCUT2D eigenvalue weighted by atomic mass is 10.2. The highest BCUT2D eigenvalue weighted by molar-refractivity contribution is 6.31. The van der Waals surface area contributed by atoms with Gasteiger partial charge in [0.05, 0.1) is 5.02 Å². The van der Waals surface area contributed by atoms with E-state index in [1.54, 1.807) is 19.5 Å². The minimum atomic E-state index is 0.663. The number of pyridine rings is 1. The van der Waals surface area contributed by atoms with Gasteiger partial charge in [0.1, 0.15) is 0 Å². The molecule has 1 heterocycles. The van der Waals surface area contributed by atoms with Gasteiger partial charge in [-0.25, -0.2) is 0 Å². The summed E-state index contributed by atoms with van der Waals surface area (Å²) in [6, 6.07) is 2.63. The lowest BCUT2D eigenvalue weighted by Crippen LogP contribution is -2.18. The van der Waals surface area contributed by atoms with Crippen LogP contribution >= 0.6 is 11.6 Å². The van der Waals surface area contributed by atoms with Crippen molar-refractivity contribution in [3.63, 3.8) is 0 Å². The highest BCUT2D eigenvalue weighted by Crippen LogP contribution is 2.35. The summed E-state index contributed by atoms with van der Waals surface area (Å²) in [5.74, 6) is 0.825. The Kier molecular flexibility index (Phi) is 4.77. The molecular formula is C13H19ClN2O. The molecule has 0 amide bonds. The van der Waals surface area contributed by atoms with Gasteiger partial charge in [-0.3, -0.25) is 4.98 Å². The van der Waals surface area contributed by atoms with Gasteiger partial charge in [0, 0.05) is 38.7 Å². The minimum Gasteiger partial charge on any atom is -0.385 e. The normalized spacial score (nSPS) is 22.7. The first kappa shape index (κ1) is 12.8. The molecule has 1 aromatic rings. The number of ether oxygens (including phenoxy) is 1. The predicted octanol–water partition coefficient (Wildman–Crippen LogP) is 2.64. The van der Waals surface area contributed by atoms with Crippen LogP contribution in [0.25, 0.3) is 0 Å². The highest BCUT2D eigenvalue weighted by atomic mass is 35.5. The first-order valence-electron chi connectivity index (χ1n) is 6.12. The van der Waals surface area contributed by atoms with Crippen molar-refractivity contribution in [2.45, 2.75) is 31.8 Å². The van der Waals surface area contributed by atoms with E-state index in [2.05, 4.69) is 10.3 Å². The molecule has 0 aliphatic heterocycles. The average Bonchev–Trinajstić information content (AvgIpc) is 3.07. The van der Waals surface area contributed by atoms with E-state index in [0.29, 0.717) is 6.04 Å². The largest absolute Gasteiger partial charge is 0.385 e. The van der Waals surface area contributed by atoms with Crippen LogP contribution in [-0.4, -0.2) is 24.7 Å². The lowest BCUT2D eigenvalue weighted by Gasteiger charge is -2.05. The highest BCUT2D eigenvalue weighted by Gasteiger charge is 2.35. The van der Waals surface area contributed by atoms with Gasteiger partial charge in [-0.15, -0.1) is 0 Å². The third-order valence-corrected chi connectivity index (χ3v) is 3.60. The lowest BCUT2D eigenvalue weighted by molar-refractivity contribution is 0.191. The van der Waals surface area contributed by atoms with Crippen molar-refractivity contribution in [2.75, 3.05) is 13.7 Å². The smallest absolute Gasteiger partial charge is 0.0634 e. The second-order valence-corrected chi connectivity index (χ2v) is 4.99.